The second-order valence-corrected chi connectivity index (χ2v) is 16.9. The SMILES string of the molecule is c1ccc(-c2ccc3cc(N(c4ccc(-c5ccc6c(c5)c(-c5ccccc5)c(-c5ccccc5)c5ccccc56)cc4)c4cccc(-c5ccc6ccccc6c5)c4)ccc3c2)cc1. The van der Waals surface area contributed by atoms with Gasteiger partial charge < -0.3 is 4.90 Å². The number of hydrogen-bond acceptors (Lipinski definition) is 1. The van der Waals surface area contributed by atoms with E-state index in [1.165, 1.54) is 98.7 Å². The van der Waals surface area contributed by atoms with E-state index in [9.17, 15) is 0 Å². The standard InChI is InChI=1S/C64H43N/c1-4-15-44(16-5-1)51-29-30-54-42-58(37-33-53(54)40-51)65(57-24-14-23-50(41-57)52-28-27-45-17-10-11-22-49(45)39-52)56-35-31-46(32-36-56)55-34-38-60-59-25-12-13-26-61(59)63(47-18-6-2-7-19-47)64(62(60)43-55)48-20-8-3-9-21-48/h1-43H. The molecule has 0 radical (unpaired) electrons. The zero-order chi connectivity index (χ0) is 43.1. The number of hydrogen-bond donors (Lipinski definition) is 0. The van der Waals surface area contributed by atoms with Crippen LogP contribution in [0.15, 0.2) is 261 Å². The summed E-state index contributed by atoms with van der Waals surface area (Å²) in [4.78, 5) is 2.39. The van der Waals surface area contributed by atoms with Gasteiger partial charge in [0.1, 0.15) is 0 Å². The second kappa shape index (κ2) is 16.3. The molecule has 0 saturated carbocycles. The van der Waals surface area contributed by atoms with Crippen molar-refractivity contribution < 1.29 is 0 Å². The second-order valence-electron chi connectivity index (χ2n) is 16.9. The van der Waals surface area contributed by atoms with Crippen molar-refractivity contribution in [2.24, 2.45) is 0 Å². The van der Waals surface area contributed by atoms with Gasteiger partial charge in [-0.15, -0.1) is 0 Å². The highest BCUT2D eigenvalue weighted by Crippen LogP contribution is 2.46. The molecule has 0 bridgehead atoms. The van der Waals surface area contributed by atoms with E-state index in [4.69, 9.17) is 0 Å². The molecular weight excluding hydrogens is 783 g/mol. The largest absolute Gasteiger partial charge is 0.310 e. The van der Waals surface area contributed by atoms with Crippen molar-refractivity contribution in [2.75, 3.05) is 4.90 Å². The first-order valence-corrected chi connectivity index (χ1v) is 22.4. The van der Waals surface area contributed by atoms with Crippen LogP contribution in [0, 0.1) is 0 Å². The molecule has 0 aromatic heterocycles. The summed E-state index contributed by atoms with van der Waals surface area (Å²) >= 11 is 0. The molecule has 0 aliphatic heterocycles. The van der Waals surface area contributed by atoms with E-state index in [0.717, 1.165) is 17.1 Å². The Kier molecular flexibility index (Phi) is 9.58. The van der Waals surface area contributed by atoms with E-state index < -0.39 is 0 Å². The molecule has 0 atom stereocenters. The molecular formula is C64H43N. The summed E-state index contributed by atoms with van der Waals surface area (Å²) in [5.41, 5.74) is 15.4. The Bertz CT molecular complexity index is 3690. The minimum Gasteiger partial charge on any atom is -0.310 e. The quantitative estimate of drug-likeness (QED) is 0.138. The van der Waals surface area contributed by atoms with Crippen molar-refractivity contribution in [1.29, 1.82) is 0 Å². The van der Waals surface area contributed by atoms with Crippen LogP contribution in [0.4, 0.5) is 17.1 Å². The summed E-state index contributed by atoms with van der Waals surface area (Å²) in [6.45, 7) is 0. The molecule has 1 nitrogen and oxygen atoms in total. The maximum Gasteiger partial charge on any atom is 0.0468 e. The zero-order valence-corrected chi connectivity index (χ0v) is 35.8. The van der Waals surface area contributed by atoms with Crippen molar-refractivity contribution in [3.63, 3.8) is 0 Å². The van der Waals surface area contributed by atoms with Gasteiger partial charge in [0.25, 0.3) is 0 Å². The summed E-state index contributed by atoms with van der Waals surface area (Å²) in [7, 11) is 0. The number of rotatable bonds is 8. The first kappa shape index (κ1) is 38.2. The Balaban J connectivity index is 0.992. The van der Waals surface area contributed by atoms with Crippen molar-refractivity contribution in [3.8, 4) is 55.6 Å². The van der Waals surface area contributed by atoms with Crippen molar-refractivity contribution in [3.05, 3.63) is 261 Å². The summed E-state index contributed by atoms with van der Waals surface area (Å²) in [5.74, 6) is 0. The van der Waals surface area contributed by atoms with E-state index in [1.54, 1.807) is 0 Å². The molecule has 1 heteroatoms. The summed E-state index contributed by atoms with van der Waals surface area (Å²) in [5, 5.41) is 9.91. The van der Waals surface area contributed by atoms with E-state index in [1.807, 2.05) is 0 Å². The van der Waals surface area contributed by atoms with Crippen LogP contribution in [0.2, 0.25) is 0 Å². The van der Waals surface area contributed by atoms with Crippen LogP contribution in [-0.2, 0) is 0 Å². The van der Waals surface area contributed by atoms with Gasteiger partial charge >= 0.3 is 0 Å². The molecule has 0 saturated heterocycles. The lowest BCUT2D eigenvalue weighted by Gasteiger charge is -2.27. The highest BCUT2D eigenvalue weighted by Gasteiger charge is 2.19. The average Bonchev–Trinajstić information content (AvgIpc) is 3.39. The molecule has 12 aromatic rings. The summed E-state index contributed by atoms with van der Waals surface area (Å²) in [6, 6.07) is 95.3. The molecule has 0 N–H and O–H groups in total. The third-order valence-corrected chi connectivity index (χ3v) is 13.0. The van der Waals surface area contributed by atoms with Crippen molar-refractivity contribution in [1.82, 2.24) is 0 Å². The molecule has 0 fully saturated rings. The van der Waals surface area contributed by atoms with E-state index >= 15 is 0 Å². The highest BCUT2D eigenvalue weighted by molar-refractivity contribution is 6.22. The van der Waals surface area contributed by atoms with Crippen LogP contribution in [0.1, 0.15) is 0 Å². The maximum absolute atomic E-state index is 2.41. The van der Waals surface area contributed by atoms with Gasteiger partial charge in [0, 0.05) is 17.1 Å². The van der Waals surface area contributed by atoms with Crippen molar-refractivity contribution in [2.45, 2.75) is 0 Å². The Labute approximate surface area is 379 Å². The lowest BCUT2D eigenvalue weighted by molar-refractivity contribution is 1.29. The molecule has 0 amide bonds. The van der Waals surface area contributed by atoms with Crippen LogP contribution in [0.25, 0.3) is 98.7 Å². The predicted molar refractivity (Wildman–Crippen MR) is 278 cm³/mol. The molecule has 0 spiro atoms. The van der Waals surface area contributed by atoms with Gasteiger partial charge in [-0.1, -0.05) is 206 Å². The molecule has 0 heterocycles. The van der Waals surface area contributed by atoms with Crippen LogP contribution in [0.5, 0.6) is 0 Å². The number of benzene rings is 12. The van der Waals surface area contributed by atoms with Gasteiger partial charge in [-0.05, 0) is 153 Å². The van der Waals surface area contributed by atoms with Crippen LogP contribution in [0.3, 0.4) is 0 Å². The summed E-state index contributed by atoms with van der Waals surface area (Å²) in [6.07, 6.45) is 0. The Morgan fingerprint density at radius 3 is 1.32 bits per heavy atom. The average molecular weight is 826 g/mol. The fourth-order valence-corrected chi connectivity index (χ4v) is 9.81. The Hall–Kier alpha value is -8.52. The third-order valence-electron chi connectivity index (χ3n) is 13.0. The smallest absolute Gasteiger partial charge is 0.0468 e. The maximum atomic E-state index is 2.41. The fourth-order valence-electron chi connectivity index (χ4n) is 9.81. The van der Waals surface area contributed by atoms with Gasteiger partial charge in [0.15, 0.2) is 0 Å². The fraction of sp³-hybridized carbons (Fsp3) is 0. The van der Waals surface area contributed by atoms with Crippen molar-refractivity contribution >= 4 is 60.2 Å². The molecule has 12 rings (SSSR count). The first-order chi connectivity index (χ1) is 32.2. The van der Waals surface area contributed by atoms with E-state index in [-0.39, 0.29) is 0 Å². The van der Waals surface area contributed by atoms with E-state index in [0.29, 0.717) is 0 Å². The van der Waals surface area contributed by atoms with Gasteiger partial charge in [-0.3, -0.25) is 0 Å². The lowest BCUT2D eigenvalue weighted by atomic mass is 9.84. The Morgan fingerprint density at radius 1 is 0.185 bits per heavy atom. The molecule has 0 unspecified atom stereocenters. The number of fused-ring (bicyclic) bond motifs is 5. The van der Waals surface area contributed by atoms with Gasteiger partial charge in [0.2, 0.25) is 0 Å². The normalized spacial score (nSPS) is 11.4. The predicted octanol–water partition coefficient (Wildman–Crippen LogP) is 18.1. The molecule has 65 heavy (non-hydrogen) atoms. The highest BCUT2D eigenvalue weighted by atomic mass is 15.1. The monoisotopic (exact) mass is 825 g/mol. The zero-order valence-electron chi connectivity index (χ0n) is 35.8. The van der Waals surface area contributed by atoms with Crippen LogP contribution < -0.4 is 4.90 Å². The van der Waals surface area contributed by atoms with Crippen LogP contribution >= 0.6 is 0 Å². The molecule has 0 aliphatic carbocycles. The minimum absolute atomic E-state index is 1.09. The third kappa shape index (κ3) is 7.10. The van der Waals surface area contributed by atoms with Gasteiger partial charge in [-0.25, -0.2) is 0 Å². The van der Waals surface area contributed by atoms with E-state index in [2.05, 4.69) is 266 Å². The number of nitrogens with zero attached hydrogens (tertiary/aromatic N) is 1. The Morgan fingerprint density at radius 2 is 0.600 bits per heavy atom. The van der Waals surface area contributed by atoms with Gasteiger partial charge in [0.05, 0.1) is 0 Å². The summed E-state index contributed by atoms with van der Waals surface area (Å²) < 4.78 is 0. The first-order valence-electron chi connectivity index (χ1n) is 22.4. The molecule has 12 aromatic carbocycles. The lowest BCUT2D eigenvalue weighted by Crippen LogP contribution is -2.10. The molecule has 304 valence electrons. The number of anilines is 3. The van der Waals surface area contributed by atoms with Gasteiger partial charge in [-0.2, -0.15) is 0 Å². The topological polar surface area (TPSA) is 3.24 Å². The minimum atomic E-state index is 1.09. The molecule has 0 aliphatic rings. The van der Waals surface area contributed by atoms with Crippen LogP contribution in [-0.4, -0.2) is 0 Å².